The van der Waals surface area contributed by atoms with Crippen LogP contribution in [-0.4, -0.2) is 294 Å². The Balaban J connectivity index is 0.730. The lowest BCUT2D eigenvalue weighted by Gasteiger charge is -2.61. The second kappa shape index (κ2) is 30.6. The smallest absolute Gasteiger partial charge is 0.187 e. The van der Waals surface area contributed by atoms with Gasteiger partial charge in [-0.2, -0.15) is 0 Å². The number of ether oxygens (including phenoxy) is 12. The van der Waals surface area contributed by atoms with Gasteiger partial charge in [0.1, 0.15) is 128 Å². The van der Waals surface area contributed by atoms with Gasteiger partial charge in [-0.25, -0.2) is 0 Å². The summed E-state index contributed by atoms with van der Waals surface area (Å²) in [4.78, 5) is 28.5. The number of rotatable bonds is 22. The van der Waals surface area contributed by atoms with Crippen molar-refractivity contribution in [3.05, 3.63) is 0 Å². The van der Waals surface area contributed by atoms with Gasteiger partial charge in [0.15, 0.2) is 37.7 Å². The molecule has 0 amide bonds. The van der Waals surface area contributed by atoms with Crippen molar-refractivity contribution in [3.63, 3.8) is 0 Å². The Morgan fingerprint density at radius 3 is 1.81 bits per heavy atom. The fourth-order valence-corrected chi connectivity index (χ4v) is 17.6. The Morgan fingerprint density at radius 2 is 1.11 bits per heavy atom. The van der Waals surface area contributed by atoms with Crippen LogP contribution in [0, 0.1) is 70.0 Å². The molecule has 0 spiro atoms. The van der Waals surface area contributed by atoms with Crippen molar-refractivity contribution in [1.29, 1.82) is 0 Å². The van der Waals surface area contributed by atoms with E-state index in [1.807, 2.05) is 20.8 Å². The summed E-state index contributed by atoms with van der Waals surface area (Å²) in [5, 5.41) is 162. The summed E-state index contributed by atoms with van der Waals surface area (Å²) in [6.07, 6.45) is -35.2. The van der Waals surface area contributed by atoms with Gasteiger partial charge in [0.25, 0.3) is 0 Å². The third-order valence-electron chi connectivity index (χ3n) is 23.9. The number of hydrogen-bond acceptors (Lipinski definition) is 29. The number of Topliss-reactive ketones (excluding diaryl/α,β-unsaturated/α-hetero) is 2. The van der Waals surface area contributed by atoms with E-state index in [0.717, 1.165) is 32.1 Å². The van der Waals surface area contributed by atoms with Crippen LogP contribution < -0.4 is 0 Å². The largest absolute Gasteiger partial charge is 0.394 e. The molecule has 0 aromatic heterocycles. The zero-order valence-electron chi connectivity index (χ0n) is 54.2. The van der Waals surface area contributed by atoms with Crippen molar-refractivity contribution in [1.82, 2.24) is 0 Å². The molecule has 0 unspecified atom stereocenters. The normalized spacial score (nSPS) is 51.9. The van der Waals surface area contributed by atoms with Gasteiger partial charge >= 0.3 is 0 Å². The van der Waals surface area contributed by atoms with Crippen LogP contribution >= 0.6 is 0 Å². The summed E-state index contributed by atoms with van der Waals surface area (Å²) < 4.78 is 71.7. The van der Waals surface area contributed by atoms with Crippen LogP contribution in [0.2, 0.25) is 0 Å². The number of carbonyl (C=O) groups is 2. The highest BCUT2D eigenvalue weighted by Gasteiger charge is 2.64. The van der Waals surface area contributed by atoms with Crippen molar-refractivity contribution in [2.45, 2.75) is 272 Å². The Hall–Kier alpha value is -1.74. The lowest BCUT2D eigenvalue weighted by atomic mass is 9.44. The average molecular weight is 1340 g/mol. The summed E-state index contributed by atoms with van der Waals surface area (Å²) in [6, 6.07) is 0. The van der Waals surface area contributed by atoms with Crippen molar-refractivity contribution < 1.29 is 143 Å². The van der Waals surface area contributed by atoms with Crippen LogP contribution in [0.5, 0.6) is 0 Å². The first kappa shape index (κ1) is 74.0. The number of fused-ring (bicyclic) bond motifs is 5. The van der Waals surface area contributed by atoms with Crippen molar-refractivity contribution >= 4 is 11.6 Å². The van der Waals surface area contributed by atoms with E-state index in [0.29, 0.717) is 44.1 Å². The summed E-state index contributed by atoms with van der Waals surface area (Å²) in [5.74, 6) is 0.613. The number of aliphatic hydroxyl groups excluding tert-OH is 15. The van der Waals surface area contributed by atoms with Crippen LogP contribution in [0.3, 0.4) is 0 Å². The van der Waals surface area contributed by atoms with E-state index in [1.54, 1.807) is 0 Å². The number of ketones is 2. The van der Waals surface area contributed by atoms with Crippen LogP contribution in [-0.2, 0) is 66.4 Å². The Labute approximate surface area is 541 Å². The van der Waals surface area contributed by atoms with Gasteiger partial charge in [-0.1, -0.05) is 48.5 Å². The standard InChI is InChI=1S/C64H106O29/c1-25(21-82-58-51(79)48(76)45(73)41(90-58)24-85-57-28(4)27(3)26(2)22-83-57)8-11-35(68)29(5)42-36(69)17-34-32-10-9-30-16-31(12-14-63(30,6)33(32)13-15-64(34,42)7)86-60-53(81)49(77)54(40(20-67)89-60)91-62-56(93-61-52(80)47(75)44(72)38(18-65)87-61)55(46(74)39(19-66)88-62)92-59-50(78)43(71)37(70)23-84-59/h25-34,37-62,65-67,70-81H,8-24H2,1-7H3/t25-,26+,27+,28-,29-,30+,31+,32-,33+,34+,37-,38-,39-,40-,41-,42+,43+,44-,45-,46-,47+,48+,49-,50-,51-,52-,53-,54+,55+,56-,57+,58-,59+,60-,61+,62+,63+,64+/m1/s1. The highest BCUT2D eigenvalue weighted by molar-refractivity contribution is 5.92. The predicted molar refractivity (Wildman–Crippen MR) is 315 cm³/mol. The van der Waals surface area contributed by atoms with E-state index in [-0.39, 0.29) is 77.5 Å². The van der Waals surface area contributed by atoms with Crippen molar-refractivity contribution in [3.8, 4) is 0 Å². The molecule has 6 saturated heterocycles. The molecule has 38 atom stereocenters. The first-order valence-corrected chi connectivity index (χ1v) is 33.8. The summed E-state index contributed by atoms with van der Waals surface area (Å²) in [5.41, 5.74) is -0.516. The molecule has 0 aromatic carbocycles. The maximum Gasteiger partial charge on any atom is 0.187 e. The van der Waals surface area contributed by atoms with Gasteiger partial charge in [-0.3, -0.25) is 9.59 Å². The van der Waals surface area contributed by atoms with Crippen LogP contribution in [0.15, 0.2) is 0 Å². The molecular formula is C64H106O29. The summed E-state index contributed by atoms with van der Waals surface area (Å²) in [7, 11) is 0. The molecule has 10 rings (SSSR count). The Morgan fingerprint density at radius 1 is 0.538 bits per heavy atom. The number of carbonyl (C=O) groups excluding carboxylic acids is 2. The SMILES string of the molecule is C[C@H](CCC(=O)[C@@H](C)[C@H]1C(=O)C[C@H]2[C@@H]3CC[C@H]4C[C@@H](O[C@@H]5O[C@H](CO)[C@H](O[C@@H]6O[C@H](CO)[C@@H](O)[C@H](O[C@@H]7OC[C@@H](O)[C@H](O)[C@H]7O)[C@H]6O[C@@H]6O[C@H](CO)[C@@H](O)[C@H](O)[C@H]6O)[C@H](O)[C@H]5O)CC[C@]4(C)[C@H]3CC[C@]12C)CO[C@@H]1O[C@H](CO[C@@H]2OC[C@H](C)[C@H](C)[C@H]2C)[C@@H](O)[C@H](O)[C@H]1O. The molecule has 93 heavy (non-hydrogen) atoms. The van der Waals surface area contributed by atoms with Gasteiger partial charge in [0.05, 0.1) is 52.4 Å². The Bertz CT molecular complexity index is 2430. The van der Waals surface area contributed by atoms with Crippen LogP contribution in [0.25, 0.3) is 0 Å². The fraction of sp³-hybridized carbons (Fsp3) is 0.969. The summed E-state index contributed by atoms with van der Waals surface area (Å²) in [6.45, 7) is 12.0. The van der Waals surface area contributed by atoms with Crippen molar-refractivity contribution in [2.24, 2.45) is 70.0 Å². The first-order chi connectivity index (χ1) is 44.1. The highest BCUT2D eigenvalue weighted by atomic mass is 16.8. The fourth-order valence-electron chi connectivity index (χ4n) is 17.6. The lowest BCUT2D eigenvalue weighted by Crippen LogP contribution is -2.68. The lowest BCUT2D eigenvalue weighted by molar-refractivity contribution is -0.404. The molecular weight excluding hydrogens is 1230 g/mol. The van der Waals surface area contributed by atoms with E-state index in [1.165, 1.54) is 0 Å². The molecule has 6 aliphatic heterocycles. The second-order valence-electron chi connectivity index (χ2n) is 29.5. The minimum Gasteiger partial charge on any atom is -0.394 e. The molecule has 10 aliphatic rings. The Kier molecular flexibility index (Phi) is 24.3. The molecule has 0 aromatic rings. The van der Waals surface area contributed by atoms with E-state index < -0.39 is 198 Å². The van der Waals surface area contributed by atoms with Gasteiger partial charge in [0, 0.05) is 30.6 Å². The van der Waals surface area contributed by atoms with Crippen LogP contribution in [0.4, 0.5) is 0 Å². The first-order valence-electron chi connectivity index (χ1n) is 33.8. The molecule has 15 N–H and O–H groups in total. The summed E-state index contributed by atoms with van der Waals surface area (Å²) >= 11 is 0. The molecule has 536 valence electrons. The number of hydrogen-bond donors (Lipinski definition) is 15. The monoisotopic (exact) mass is 1340 g/mol. The molecule has 4 saturated carbocycles. The minimum atomic E-state index is -2.04. The third kappa shape index (κ3) is 14.8. The quantitative estimate of drug-likeness (QED) is 0.0476. The van der Waals surface area contributed by atoms with E-state index in [9.17, 15) is 86.2 Å². The van der Waals surface area contributed by atoms with Crippen LogP contribution in [0.1, 0.15) is 113 Å². The topological polar surface area (TPSA) is 448 Å². The van der Waals surface area contributed by atoms with Gasteiger partial charge in [-0.05, 0) is 104 Å². The average Bonchev–Trinajstić information content (AvgIpc) is 1.61. The molecule has 29 nitrogen and oxygen atoms in total. The number of aliphatic hydroxyl groups is 15. The van der Waals surface area contributed by atoms with Crippen molar-refractivity contribution in [2.75, 3.05) is 46.2 Å². The van der Waals surface area contributed by atoms with E-state index in [4.69, 9.17) is 56.8 Å². The van der Waals surface area contributed by atoms with E-state index >= 15 is 0 Å². The molecule has 10 fully saturated rings. The maximum atomic E-state index is 14.3. The van der Waals surface area contributed by atoms with Gasteiger partial charge in [-0.15, -0.1) is 0 Å². The maximum absolute atomic E-state index is 14.3. The predicted octanol–water partition coefficient (Wildman–Crippen LogP) is -3.15. The van der Waals surface area contributed by atoms with E-state index in [2.05, 4.69) is 27.7 Å². The second-order valence-corrected chi connectivity index (χ2v) is 29.5. The molecule has 6 heterocycles. The third-order valence-corrected chi connectivity index (χ3v) is 23.9. The molecule has 29 heteroatoms. The molecule has 4 aliphatic carbocycles. The van der Waals surface area contributed by atoms with Gasteiger partial charge in [0.2, 0.25) is 0 Å². The zero-order valence-corrected chi connectivity index (χ0v) is 54.2. The minimum absolute atomic E-state index is 0.000127. The van der Waals surface area contributed by atoms with Gasteiger partial charge < -0.3 is 133 Å². The zero-order chi connectivity index (χ0) is 67.4. The highest BCUT2D eigenvalue weighted by Crippen LogP contribution is 2.68. The molecule has 0 bridgehead atoms. The molecule has 0 radical (unpaired) electrons.